The number of piperidine rings is 1. The van der Waals surface area contributed by atoms with Gasteiger partial charge in [-0.3, -0.25) is 4.79 Å². The zero-order valence-corrected chi connectivity index (χ0v) is 24.7. The van der Waals surface area contributed by atoms with Crippen molar-refractivity contribution < 1.29 is 26.4 Å². The highest BCUT2D eigenvalue weighted by Crippen LogP contribution is 2.36. The lowest BCUT2D eigenvalue weighted by Gasteiger charge is -2.33. The Kier molecular flexibility index (Phi) is 9.53. The van der Waals surface area contributed by atoms with E-state index in [2.05, 4.69) is 5.32 Å². The van der Waals surface area contributed by atoms with Crippen LogP contribution in [0.5, 0.6) is 0 Å². The van der Waals surface area contributed by atoms with Crippen molar-refractivity contribution in [2.24, 2.45) is 0 Å². The van der Waals surface area contributed by atoms with Gasteiger partial charge in [-0.2, -0.15) is 17.5 Å². The van der Waals surface area contributed by atoms with Crippen LogP contribution >= 0.6 is 23.2 Å². The predicted molar refractivity (Wildman–Crippen MR) is 156 cm³/mol. The van der Waals surface area contributed by atoms with E-state index in [1.807, 2.05) is 73.7 Å². The number of carbonyl (C=O) groups excluding carboxylic acids is 1. The van der Waals surface area contributed by atoms with Crippen LogP contribution < -0.4 is 5.32 Å². The summed E-state index contributed by atoms with van der Waals surface area (Å²) in [5.41, 5.74) is -0.232. The minimum atomic E-state index is -5.38. The van der Waals surface area contributed by atoms with Crippen molar-refractivity contribution in [3.8, 4) is 0 Å². The highest BCUT2D eigenvalue weighted by molar-refractivity contribution is 7.90. The molecule has 1 aliphatic heterocycles. The summed E-state index contributed by atoms with van der Waals surface area (Å²) in [7, 11) is -5.38. The molecule has 0 saturated carbocycles. The van der Waals surface area contributed by atoms with E-state index in [-0.39, 0.29) is 43.7 Å². The van der Waals surface area contributed by atoms with Crippen LogP contribution in [0.2, 0.25) is 10.0 Å². The first kappa shape index (κ1) is 31.1. The Bertz CT molecular complexity index is 1490. The lowest BCUT2D eigenvalue weighted by Crippen LogP contribution is -2.48. The Morgan fingerprint density at radius 2 is 1.41 bits per heavy atom. The van der Waals surface area contributed by atoms with E-state index in [0.717, 1.165) is 27.8 Å². The average Bonchev–Trinajstić information content (AvgIpc) is 2.91. The second-order valence-electron chi connectivity index (χ2n) is 10.0. The zero-order valence-electron chi connectivity index (χ0n) is 22.4. The van der Waals surface area contributed by atoms with Gasteiger partial charge >= 0.3 is 15.5 Å². The lowest BCUT2D eigenvalue weighted by atomic mass is 9.83. The fourth-order valence-corrected chi connectivity index (χ4v) is 6.24. The van der Waals surface area contributed by atoms with Crippen LogP contribution in [0.15, 0.2) is 72.8 Å². The summed E-state index contributed by atoms with van der Waals surface area (Å²) in [5.74, 6) is -0.389. The summed E-state index contributed by atoms with van der Waals surface area (Å²) >= 11 is 12.3. The molecule has 1 fully saturated rings. The summed E-state index contributed by atoms with van der Waals surface area (Å²) < 4.78 is 63.2. The molecule has 1 N–H and O–H groups in total. The number of rotatable bonds is 8. The SMILES string of the molecule is CC(=O)/C=C(/NC1CCN(S(=O)(=O)C(F)(F)F)CC1)c1cc(C(c2ccc(Cl)cc2)c2ccc(Cl)cc2)ccc1C. The number of hydrogen-bond donors (Lipinski definition) is 1. The Labute approximate surface area is 248 Å². The molecule has 41 heavy (non-hydrogen) atoms. The van der Waals surface area contributed by atoms with E-state index in [1.165, 1.54) is 13.0 Å². The number of hydrogen-bond acceptors (Lipinski definition) is 4. The highest BCUT2D eigenvalue weighted by Gasteiger charge is 2.50. The summed E-state index contributed by atoms with van der Waals surface area (Å²) in [6.07, 6.45) is 1.77. The molecule has 1 saturated heterocycles. The van der Waals surface area contributed by atoms with Crippen molar-refractivity contribution in [1.29, 1.82) is 0 Å². The zero-order chi connectivity index (χ0) is 29.9. The number of alkyl halides is 3. The van der Waals surface area contributed by atoms with Crippen LogP contribution in [0.25, 0.3) is 5.70 Å². The largest absolute Gasteiger partial charge is 0.511 e. The predicted octanol–water partition coefficient (Wildman–Crippen LogP) is 7.32. The van der Waals surface area contributed by atoms with Gasteiger partial charge in [-0.1, -0.05) is 59.6 Å². The number of nitrogens with one attached hydrogen (secondary N) is 1. The first-order valence-corrected chi connectivity index (χ1v) is 15.1. The maximum atomic E-state index is 13.0. The number of aryl methyl sites for hydroxylation is 1. The smallest absolute Gasteiger partial charge is 0.382 e. The summed E-state index contributed by atoms with van der Waals surface area (Å²) in [6, 6.07) is 20.7. The van der Waals surface area contributed by atoms with Crippen molar-refractivity contribution >= 4 is 44.7 Å². The number of nitrogens with zero attached hydrogens (tertiary/aromatic N) is 1. The first-order chi connectivity index (χ1) is 19.3. The molecule has 0 atom stereocenters. The number of halogens is 5. The molecule has 3 aromatic rings. The minimum Gasteiger partial charge on any atom is -0.382 e. The molecular formula is C30H29Cl2F3N2O3S. The standard InChI is InChI=1S/C30H29Cl2F3N2O3S/c1-19-3-4-23(29(21-5-9-24(31)10-6-21)22-7-11-25(32)12-8-22)18-27(19)28(17-20(2)38)36-26-13-15-37(16-14-26)41(39,40)30(33,34)35/h3-12,17-18,26,29,36H,13-16H2,1-2H3/b28-17+. The van der Waals surface area contributed by atoms with E-state index in [4.69, 9.17) is 23.2 Å². The third-order valence-electron chi connectivity index (χ3n) is 7.09. The van der Waals surface area contributed by atoms with Gasteiger partial charge in [0, 0.05) is 52.4 Å². The molecular weight excluding hydrogens is 596 g/mol. The van der Waals surface area contributed by atoms with Crippen LogP contribution in [0, 0.1) is 6.92 Å². The van der Waals surface area contributed by atoms with Gasteiger partial charge in [-0.25, -0.2) is 8.42 Å². The van der Waals surface area contributed by atoms with Gasteiger partial charge in [0.1, 0.15) is 0 Å². The number of allylic oxidation sites excluding steroid dienone is 1. The molecule has 3 aromatic carbocycles. The molecule has 1 aliphatic rings. The maximum absolute atomic E-state index is 13.0. The molecule has 11 heteroatoms. The lowest BCUT2D eigenvalue weighted by molar-refractivity contribution is -0.112. The summed E-state index contributed by atoms with van der Waals surface area (Å²) in [5, 5.41) is 4.54. The van der Waals surface area contributed by atoms with E-state index in [1.54, 1.807) is 0 Å². The number of sulfonamides is 1. The number of benzene rings is 3. The molecule has 0 aromatic heterocycles. The molecule has 5 nitrogen and oxygen atoms in total. The molecule has 0 unspecified atom stereocenters. The van der Waals surface area contributed by atoms with Gasteiger partial charge in [0.15, 0.2) is 5.78 Å². The van der Waals surface area contributed by atoms with Crippen molar-refractivity contribution in [1.82, 2.24) is 9.62 Å². The first-order valence-electron chi connectivity index (χ1n) is 12.9. The highest BCUT2D eigenvalue weighted by atomic mass is 35.5. The normalized spacial score (nSPS) is 15.8. The monoisotopic (exact) mass is 624 g/mol. The second kappa shape index (κ2) is 12.6. The van der Waals surface area contributed by atoms with Crippen LogP contribution in [-0.2, 0) is 14.8 Å². The van der Waals surface area contributed by atoms with Gasteiger partial charge < -0.3 is 5.32 Å². The Hall–Kier alpha value is -2.85. The van der Waals surface area contributed by atoms with E-state index in [0.29, 0.717) is 20.0 Å². The Morgan fingerprint density at radius 3 is 1.88 bits per heavy atom. The third-order valence-corrected chi connectivity index (χ3v) is 9.22. The molecule has 0 spiro atoms. The fraction of sp³-hybridized carbons (Fsp3) is 0.300. The molecule has 0 aliphatic carbocycles. The molecule has 4 rings (SSSR count). The van der Waals surface area contributed by atoms with Crippen LogP contribution in [0.1, 0.15) is 53.5 Å². The van der Waals surface area contributed by atoms with E-state index in [9.17, 15) is 26.4 Å². The molecule has 0 bridgehead atoms. The van der Waals surface area contributed by atoms with Gasteiger partial charge in [-0.15, -0.1) is 0 Å². The minimum absolute atomic E-state index is 0.154. The van der Waals surface area contributed by atoms with E-state index >= 15 is 0 Å². The molecule has 218 valence electrons. The quantitative estimate of drug-likeness (QED) is 0.211. The van der Waals surface area contributed by atoms with Crippen molar-refractivity contribution in [3.05, 3.63) is 111 Å². The van der Waals surface area contributed by atoms with E-state index < -0.39 is 15.5 Å². The van der Waals surface area contributed by atoms with Crippen LogP contribution in [-0.4, -0.2) is 43.1 Å². The van der Waals surface area contributed by atoms with Gasteiger partial charge in [0.05, 0.1) is 0 Å². The third kappa shape index (κ3) is 7.33. The second-order valence-corrected chi connectivity index (χ2v) is 12.8. The summed E-state index contributed by atoms with van der Waals surface area (Å²) in [4.78, 5) is 12.2. The van der Waals surface area contributed by atoms with Crippen molar-refractivity contribution in [3.63, 3.8) is 0 Å². The average molecular weight is 626 g/mol. The summed E-state index contributed by atoms with van der Waals surface area (Å²) in [6.45, 7) is 2.78. The number of carbonyl (C=O) groups is 1. The van der Waals surface area contributed by atoms with Crippen molar-refractivity contribution in [2.45, 2.75) is 44.2 Å². The van der Waals surface area contributed by atoms with Crippen molar-refractivity contribution in [2.75, 3.05) is 13.1 Å². The molecule has 0 amide bonds. The molecule has 1 heterocycles. The van der Waals surface area contributed by atoms with Gasteiger partial charge in [0.25, 0.3) is 0 Å². The van der Waals surface area contributed by atoms with Gasteiger partial charge in [-0.05, 0) is 79.3 Å². The van der Waals surface area contributed by atoms with Crippen LogP contribution in [0.4, 0.5) is 13.2 Å². The molecule has 0 radical (unpaired) electrons. The number of ketones is 1. The van der Waals surface area contributed by atoms with Crippen LogP contribution in [0.3, 0.4) is 0 Å². The maximum Gasteiger partial charge on any atom is 0.511 e. The van der Waals surface area contributed by atoms with Gasteiger partial charge in [0.2, 0.25) is 0 Å². The fourth-order valence-electron chi connectivity index (χ4n) is 5.00. The topological polar surface area (TPSA) is 66.5 Å². The Morgan fingerprint density at radius 1 is 0.927 bits per heavy atom. The Balaban J connectivity index is 1.67.